The van der Waals surface area contributed by atoms with Gasteiger partial charge in [0.15, 0.2) is 0 Å². The van der Waals surface area contributed by atoms with E-state index in [9.17, 15) is 4.39 Å². The Hall–Kier alpha value is -4.43. The van der Waals surface area contributed by atoms with E-state index in [2.05, 4.69) is 19.7 Å². The van der Waals surface area contributed by atoms with Crippen molar-refractivity contribution in [1.29, 1.82) is 0 Å². The van der Waals surface area contributed by atoms with E-state index in [0.717, 1.165) is 27.8 Å². The van der Waals surface area contributed by atoms with Crippen molar-refractivity contribution < 1.29 is 9.13 Å². The van der Waals surface area contributed by atoms with E-state index in [1.54, 1.807) is 12.2 Å². The topological polar surface area (TPSA) is 9.23 Å². The predicted octanol–water partition coefficient (Wildman–Crippen LogP) is 10.1. The van der Waals surface area contributed by atoms with Crippen LogP contribution in [0.4, 0.5) is 4.39 Å². The van der Waals surface area contributed by atoms with Gasteiger partial charge in [-0.15, -0.1) is 0 Å². The quantitative estimate of drug-likeness (QED) is 0.168. The predicted molar refractivity (Wildman–Crippen MR) is 157 cm³/mol. The van der Waals surface area contributed by atoms with Crippen molar-refractivity contribution in [3.05, 3.63) is 162 Å². The highest BCUT2D eigenvalue weighted by molar-refractivity contribution is 5.79. The SMILES string of the molecule is C=C\C=C/C(/C=C/c1cc(/C=C/C(/C=C\C)=C/C=C)c(OC(=C)F)c(/C=C/c2ccccc2)c1)=C\C. The van der Waals surface area contributed by atoms with Crippen molar-refractivity contribution in [3.8, 4) is 5.75 Å². The first-order valence-corrected chi connectivity index (χ1v) is 11.7. The first-order chi connectivity index (χ1) is 17.5. The van der Waals surface area contributed by atoms with Crippen molar-refractivity contribution in [3.63, 3.8) is 0 Å². The fourth-order valence-electron chi connectivity index (χ4n) is 3.32. The van der Waals surface area contributed by atoms with E-state index in [4.69, 9.17) is 4.74 Å². The van der Waals surface area contributed by atoms with E-state index < -0.39 is 6.01 Å². The number of benzene rings is 2. The maximum Gasteiger partial charge on any atom is 0.270 e. The Morgan fingerprint density at radius 3 is 2.08 bits per heavy atom. The molecule has 0 bridgehead atoms. The van der Waals surface area contributed by atoms with Gasteiger partial charge in [-0.3, -0.25) is 0 Å². The second kappa shape index (κ2) is 15.5. The number of allylic oxidation sites excluding steroid dienone is 12. The van der Waals surface area contributed by atoms with Crippen molar-refractivity contribution in [2.75, 3.05) is 0 Å². The van der Waals surface area contributed by atoms with Gasteiger partial charge in [0.05, 0.1) is 0 Å². The fourth-order valence-corrected chi connectivity index (χ4v) is 3.32. The molecule has 0 aliphatic heterocycles. The average molecular weight is 477 g/mol. The zero-order valence-corrected chi connectivity index (χ0v) is 21.0. The first kappa shape index (κ1) is 27.8. The molecule has 0 aliphatic rings. The van der Waals surface area contributed by atoms with Crippen LogP contribution in [0.1, 0.15) is 36.1 Å². The Bertz CT molecular complexity index is 1260. The second-order valence-electron chi connectivity index (χ2n) is 7.68. The van der Waals surface area contributed by atoms with Gasteiger partial charge < -0.3 is 4.74 Å². The number of hydrogen-bond donors (Lipinski definition) is 0. The molecular weight excluding hydrogens is 443 g/mol. The lowest BCUT2D eigenvalue weighted by atomic mass is 10.00. The van der Waals surface area contributed by atoms with E-state index in [1.165, 1.54) is 0 Å². The number of hydrogen-bond acceptors (Lipinski definition) is 1. The molecule has 2 rings (SSSR count). The molecule has 36 heavy (non-hydrogen) atoms. The van der Waals surface area contributed by atoms with E-state index in [-0.39, 0.29) is 0 Å². The summed E-state index contributed by atoms with van der Waals surface area (Å²) in [5.74, 6) is 0.388. The molecule has 1 nitrogen and oxygen atoms in total. The third-order valence-electron chi connectivity index (χ3n) is 4.99. The molecule has 0 fully saturated rings. The zero-order chi connectivity index (χ0) is 26.2. The summed E-state index contributed by atoms with van der Waals surface area (Å²) < 4.78 is 19.4. The molecule has 182 valence electrons. The van der Waals surface area contributed by atoms with Crippen molar-refractivity contribution in [2.24, 2.45) is 0 Å². The van der Waals surface area contributed by atoms with E-state index in [0.29, 0.717) is 11.3 Å². The van der Waals surface area contributed by atoms with Crippen LogP contribution >= 0.6 is 0 Å². The minimum absolute atomic E-state index is 0.388. The lowest BCUT2D eigenvalue weighted by Crippen LogP contribution is -1.95. The maximum absolute atomic E-state index is 13.9. The summed E-state index contributed by atoms with van der Waals surface area (Å²) in [5, 5.41) is 0. The summed E-state index contributed by atoms with van der Waals surface area (Å²) >= 11 is 0. The molecule has 2 aromatic carbocycles. The average Bonchev–Trinajstić information content (AvgIpc) is 2.88. The highest BCUT2D eigenvalue weighted by Gasteiger charge is 2.11. The maximum atomic E-state index is 13.9. The van der Waals surface area contributed by atoms with Crippen molar-refractivity contribution in [1.82, 2.24) is 0 Å². The summed E-state index contributed by atoms with van der Waals surface area (Å²) in [5.41, 5.74) is 5.39. The largest absolute Gasteiger partial charge is 0.431 e. The van der Waals surface area contributed by atoms with Crippen molar-refractivity contribution >= 4 is 24.3 Å². The fraction of sp³-hybridized carbons (Fsp3) is 0.0588. The van der Waals surface area contributed by atoms with Gasteiger partial charge >= 0.3 is 0 Å². The molecule has 0 unspecified atom stereocenters. The van der Waals surface area contributed by atoms with Gasteiger partial charge in [-0.25, -0.2) is 0 Å². The molecule has 0 saturated heterocycles. The Balaban J connectivity index is 2.69. The number of halogens is 1. The highest BCUT2D eigenvalue weighted by Crippen LogP contribution is 2.32. The van der Waals surface area contributed by atoms with E-state index >= 15 is 0 Å². The van der Waals surface area contributed by atoms with Gasteiger partial charge in [-0.05, 0) is 54.8 Å². The molecule has 0 N–H and O–H groups in total. The summed E-state index contributed by atoms with van der Waals surface area (Å²) in [7, 11) is 0. The van der Waals surface area contributed by atoms with Crippen LogP contribution < -0.4 is 4.74 Å². The molecule has 0 atom stereocenters. The lowest BCUT2D eigenvalue weighted by Gasteiger charge is -2.12. The van der Waals surface area contributed by atoms with Gasteiger partial charge in [-0.2, -0.15) is 4.39 Å². The molecule has 0 radical (unpaired) electrons. The Morgan fingerprint density at radius 1 is 0.778 bits per heavy atom. The summed E-state index contributed by atoms with van der Waals surface area (Å²) in [6, 6.07) is 13.0. The summed E-state index contributed by atoms with van der Waals surface area (Å²) in [6.45, 7) is 14.8. The minimum atomic E-state index is -0.872. The monoisotopic (exact) mass is 476 g/mol. The van der Waals surface area contributed by atoms with Crippen LogP contribution in [-0.4, -0.2) is 0 Å². The molecular formula is C34H33FO. The van der Waals surface area contributed by atoms with Gasteiger partial charge in [0.25, 0.3) is 6.01 Å². The molecule has 0 aliphatic carbocycles. The van der Waals surface area contributed by atoms with Gasteiger partial charge in [0.1, 0.15) is 5.75 Å². The van der Waals surface area contributed by atoms with Crippen LogP contribution in [0.5, 0.6) is 5.75 Å². The Kier molecular flexibility index (Phi) is 11.9. The van der Waals surface area contributed by atoms with Crippen LogP contribution in [0.2, 0.25) is 0 Å². The lowest BCUT2D eigenvalue weighted by molar-refractivity contribution is 0.304. The standard InChI is InChI=1S/C34H33FO/c1-6-10-16-28(9-4)19-20-31-25-32(23-21-29(14-7-2)15-8-3)34(36-27(5)35)33(26-31)24-22-30-17-12-11-13-18-30/h6-26H,1-2,5H2,3-4H3/b15-8-,16-10-,20-19+,23-21+,24-22+,28-9+,29-14+. The van der Waals surface area contributed by atoms with Crippen LogP contribution in [0.3, 0.4) is 0 Å². The molecule has 0 saturated carbocycles. The third kappa shape index (κ3) is 9.44. The van der Waals surface area contributed by atoms with Gasteiger partial charge in [0, 0.05) is 11.1 Å². The summed E-state index contributed by atoms with van der Waals surface area (Å²) in [6.07, 6.45) is 26.9. The van der Waals surface area contributed by atoms with Crippen LogP contribution in [0.25, 0.3) is 24.3 Å². The molecule has 2 heteroatoms. The van der Waals surface area contributed by atoms with Gasteiger partial charge in [0.2, 0.25) is 0 Å². The summed E-state index contributed by atoms with van der Waals surface area (Å²) in [4.78, 5) is 0. The molecule has 2 aromatic rings. The van der Waals surface area contributed by atoms with E-state index in [1.807, 2.05) is 129 Å². The number of ether oxygens (including phenoxy) is 1. The Labute approximate surface area is 215 Å². The molecule has 0 aromatic heterocycles. The van der Waals surface area contributed by atoms with Crippen LogP contribution in [0.15, 0.2) is 140 Å². The Morgan fingerprint density at radius 2 is 1.47 bits per heavy atom. The molecule has 0 heterocycles. The third-order valence-corrected chi connectivity index (χ3v) is 4.99. The number of rotatable bonds is 12. The zero-order valence-electron chi connectivity index (χ0n) is 21.0. The van der Waals surface area contributed by atoms with Crippen LogP contribution in [-0.2, 0) is 0 Å². The van der Waals surface area contributed by atoms with Crippen molar-refractivity contribution in [2.45, 2.75) is 13.8 Å². The minimum Gasteiger partial charge on any atom is -0.431 e. The second-order valence-corrected chi connectivity index (χ2v) is 7.68. The smallest absolute Gasteiger partial charge is 0.270 e. The molecule has 0 amide bonds. The highest BCUT2D eigenvalue weighted by atomic mass is 19.1. The van der Waals surface area contributed by atoms with Gasteiger partial charge in [-0.1, -0.05) is 129 Å². The molecule has 0 spiro atoms. The first-order valence-electron chi connectivity index (χ1n) is 11.7. The normalized spacial score (nSPS) is 13.0. The van der Waals surface area contributed by atoms with Crippen LogP contribution in [0, 0.1) is 0 Å².